The molecule has 31 heavy (non-hydrogen) atoms. The minimum atomic E-state index is -3.99. The van der Waals surface area contributed by atoms with Gasteiger partial charge in [0.25, 0.3) is 10.0 Å². The molecule has 0 bridgehead atoms. The molecule has 0 aliphatic carbocycles. The van der Waals surface area contributed by atoms with Gasteiger partial charge in [0.05, 0.1) is 21.0 Å². The number of nitriles is 2. The molecule has 11 heteroatoms. The summed E-state index contributed by atoms with van der Waals surface area (Å²) >= 11 is 7.14. The normalized spacial score (nSPS) is 11.4. The van der Waals surface area contributed by atoms with Crippen molar-refractivity contribution in [2.45, 2.75) is 31.1 Å². The third-order valence-corrected chi connectivity index (χ3v) is 7.00. The number of aromatic nitrogens is 2. The first-order valence-electron chi connectivity index (χ1n) is 8.82. The first kappa shape index (κ1) is 22.5. The fourth-order valence-electron chi connectivity index (χ4n) is 2.37. The quantitative estimate of drug-likeness (QED) is 0.561. The summed E-state index contributed by atoms with van der Waals surface area (Å²) in [5.41, 5.74) is 0.0344. The second kappa shape index (κ2) is 8.52. The minimum Gasteiger partial charge on any atom is -0.456 e. The van der Waals surface area contributed by atoms with Crippen molar-refractivity contribution in [3.63, 3.8) is 0 Å². The van der Waals surface area contributed by atoms with Crippen molar-refractivity contribution in [2.75, 3.05) is 4.72 Å². The van der Waals surface area contributed by atoms with E-state index in [0.29, 0.717) is 10.8 Å². The Bertz CT molecular complexity index is 1330. The van der Waals surface area contributed by atoms with Gasteiger partial charge in [0.1, 0.15) is 28.6 Å². The maximum atomic E-state index is 12.7. The Balaban J connectivity index is 1.86. The molecule has 0 aliphatic rings. The van der Waals surface area contributed by atoms with E-state index in [9.17, 15) is 13.7 Å². The number of anilines is 1. The zero-order valence-electron chi connectivity index (χ0n) is 16.7. The number of benzene rings is 2. The summed E-state index contributed by atoms with van der Waals surface area (Å²) in [5, 5.41) is 27.3. The molecular formula is C20H16ClN5O3S2. The molecule has 0 aliphatic heterocycles. The summed E-state index contributed by atoms with van der Waals surface area (Å²) in [6.45, 7) is 5.85. The number of sulfonamides is 1. The average molecular weight is 474 g/mol. The van der Waals surface area contributed by atoms with Gasteiger partial charge in [-0.2, -0.15) is 10.5 Å². The van der Waals surface area contributed by atoms with Gasteiger partial charge in [-0.25, -0.2) is 8.42 Å². The molecule has 3 aromatic rings. The van der Waals surface area contributed by atoms with E-state index < -0.39 is 10.0 Å². The predicted molar refractivity (Wildman–Crippen MR) is 117 cm³/mol. The van der Waals surface area contributed by atoms with E-state index in [4.69, 9.17) is 21.6 Å². The van der Waals surface area contributed by atoms with Crippen LogP contribution in [0.1, 0.15) is 36.9 Å². The smallest absolute Gasteiger partial charge is 0.263 e. The molecule has 0 unspecified atom stereocenters. The number of nitrogens with zero attached hydrogens (tertiary/aromatic N) is 4. The third kappa shape index (κ3) is 5.12. The Kier molecular flexibility index (Phi) is 6.18. The molecule has 0 fully saturated rings. The molecule has 3 rings (SSSR count). The Morgan fingerprint density at radius 3 is 2.35 bits per heavy atom. The van der Waals surface area contributed by atoms with E-state index in [2.05, 4.69) is 14.9 Å². The number of halogens is 1. The molecular weight excluding hydrogens is 458 g/mol. The minimum absolute atomic E-state index is 0.0102. The van der Waals surface area contributed by atoms with E-state index in [-0.39, 0.29) is 37.3 Å². The van der Waals surface area contributed by atoms with Gasteiger partial charge in [-0.05, 0) is 30.3 Å². The Morgan fingerprint density at radius 2 is 1.77 bits per heavy atom. The van der Waals surface area contributed by atoms with E-state index in [0.717, 1.165) is 11.3 Å². The number of hydrogen-bond donors (Lipinski definition) is 1. The van der Waals surface area contributed by atoms with Gasteiger partial charge in [0.2, 0.25) is 5.13 Å². The van der Waals surface area contributed by atoms with Crippen molar-refractivity contribution in [1.82, 2.24) is 10.2 Å². The van der Waals surface area contributed by atoms with Crippen LogP contribution in [0, 0.1) is 22.7 Å². The fraction of sp³-hybridized carbons (Fsp3) is 0.200. The Labute approximate surface area is 188 Å². The average Bonchev–Trinajstić information content (AvgIpc) is 3.16. The fourth-order valence-corrected chi connectivity index (χ4v) is 4.64. The third-order valence-electron chi connectivity index (χ3n) is 3.96. The van der Waals surface area contributed by atoms with Gasteiger partial charge in [0.15, 0.2) is 0 Å². The van der Waals surface area contributed by atoms with E-state index >= 15 is 0 Å². The molecule has 0 saturated carbocycles. The lowest BCUT2D eigenvalue weighted by Crippen LogP contribution is -2.13. The van der Waals surface area contributed by atoms with E-state index in [1.165, 1.54) is 36.4 Å². The SMILES string of the molecule is CC(C)(C)c1nnc(NS(=O)(=O)c2ccc(Oc3ccc(C#N)c(Cl)c3)c(C#N)c2)s1. The second-order valence-corrected chi connectivity index (χ2v) is 10.5. The highest BCUT2D eigenvalue weighted by atomic mass is 35.5. The zero-order chi connectivity index (χ0) is 22.8. The van der Waals surface area contributed by atoms with Crippen LogP contribution in [0.5, 0.6) is 11.5 Å². The van der Waals surface area contributed by atoms with Crippen LogP contribution in [-0.4, -0.2) is 18.6 Å². The molecule has 158 valence electrons. The van der Waals surface area contributed by atoms with Crippen LogP contribution in [0.15, 0.2) is 41.3 Å². The maximum Gasteiger partial charge on any atom is 0.263 e. The molecule has 2 aromatic carbocycles. The lowest BCUT2D eigenvalue weighted by Gasteiger charge is -2.12. The van der Waals surface area contributed by atoms with E-state index in [1.807, 2.05) is 32.9 Å². The molecule has 0 atom stereocenters. The number of rotatable bonds is 5. The lowest BCUT2D eigenvalue weighted by atomic mass is 9.98. The number of nitrogens with one attached hydrogen (secondary N) is 1. The van der Waals surface area contributed by atoms with Gasteiger partial charge >= 0.3 is 0 Å². The van der Waals surface area contributed by atoms with Crippen LogP contribution in [0.2, 0.25) is 5.02 Å². The highest BCUT2D eigenvalue weighted by Crippen LogP contribution is 2.32. The first-order chi connectivity index (χ1) is 14.5. The van der Waals surface area contributed by atoms with Crippen LogP contribution >= 0.6 is 22.9 Å². The van der Waals surface area contributed by atoms with Crippen LogP contribution in [0.4, 0.5) is 5.13 Å². The predicted octanol–water partition coefficient (Wildman–Crippen LogP) is 4.83. The summed E-state index contributed by atoms with van der Waals surface area (Å²) in [7, 11) is -3.99. The van der Waals surface area contributed by atoms with Crippen LogP contribution in [0.3, 0.4) is 0 Å². The van der Waals surface area contributed by atoms with Gasteiger partial charge in [0, 0.05) is 11.5 Å². The molecule has 1 heterocycles. The molecule has 8 nitrogen and oxygen atoms in total. The van der Waals surface area contributed by atoms with Gasteiger partial charge in [-0.3, -0.25) is 4.72 Å². The lowest BCUT2D eigenvalue weighted by molar-refractivity contribution is 0.480. The van der Waals surface area contributed by atoms with Crippen molar-refractivity contribution < 1.29 is 13.2 Å². The Morgan fingerprint density at radius 1 is 1.06 bits per heavy atom. The first-order valence-corrected chi connectivity index (χ1v) is 11.5. The monoisotopic (exact) mass is 473 g/mol. The van der Waals surface area contributed by atoms with Crippen LogP contribution < -0.4 is 9.46 Å². The van der Waals surface area contributed by atoms with Crippen molar-refractivity contribution in [3.05, 3.63) is 57.6 Å². The standard InChI is InChI=1S/C20H16ClN5O3S2/c1-20(2,3)18-24-25-19(30-18)26-31(27,28)15-6-7-17(13(8-15)11-23)29-14-5-4-12(10-22)16(21)9-14/h4-9H,1-3H3,(H,25,26). The molecule has 0 saturated heterocycles. The molecule has 0 spiro atoms. The maximum absolute atomic E-state index is 12.7. The van der Waals surface area contributed by atoms with Gasteiger partial charge in [-0.1, -0.05) is 43.7 Å². The molecule has 1 aromatic heterocycles. The number of hydrogen-bond acceptors (Lipinski definition) is 8. The summed E-state index contributed by atoms with van der Waals surface area (Å²) in [4.78, 5) is -0.123. The zero-order valence-corrected chi connectivity index (χ0v) is 19.1. The Hall–Kier alpha value is -3.18. The highest BCUT2D eigenvalue weighted by Gasteiger charge is 2.23. The van der Waals surface area contributed by atoms with Crippen LogP contribution in [0.25, 0.3) is 0 Å². The summed E-state index contributed by atoms with van der Waals surface area (Å²) < 4.78 is 33.5. The highest BCUT2D eigenvalue weighted by molar-refractivity contribution is 7.93. The molecule has 0 amide bonds. The van der Waals surface area contributed by atoms with Gasteiger partial charge < -0.3 is 4.74 Å². The van der Waals surface area contributed by atoms with Crippen molar-refractivity contribution in [2.24, 2.45) is 0 Å². The van der Waals surface area contributed by atoms with Crippen molar-refractivity contribution >= 4 is 38.1 Å². The second-order valence-electron chi connectivity index (χ2n) is 7.39. The van der Waals surface area contributed by atoms with Crippen molar-refractivity contribution in [3.8, 4) is 23.6 Å². The largest absolute Gasteiger partial charge is 0.456 e. The van der Waals surface area contributed by atoms with Crippen molar-refractivity contribution in [1.29, 1.82) is 10.5 Å². The molecule has 1 N–H and O–H groups in total. The topological polar surface area (TPSA) is 129 Å². The summed E-state index contributed by atoms with van der Waals surface area (Å²) in [6, 6.07) is 12.2. The number of ether oxygens (including phenoxy) is 1. The van der Waals surface area contributed by atoms with Crippen LogP contribution in [-0.2, 0) is 15.4 Å². The molecule has 0 radical (unpaired) electrons. The summed E-state index contributed by atoms with van der Waals surface area (Å²) in [6.07, 6.45) is 0. The van der Waals surface area contributed by atoms with E-state index in [1.54, 1.807) is 0 Å². The van der Waals surface area contributed by atoms with Gasteiger partial charge in [-0.15, -0.1) is 10.2 Å². The summed E-state index contributed by atoms with van der Waals surface area (Å²) in [5.74, 6) is 0.450.